The lowest BCUT2D eigenvalue weighted by molar-refractivity contribution is 0.287. The van der Waals surface area contributed by atoms with Crippen LogP contribution in [-0.4, -0.2) is 32.7 Å². The second kappa shape index (κ2) is 8.34. The van der Waals surface area contributed by atoms with E-state index in [0.29, 0.717) is 17.0 Å². The van der Waals surface area contributed by atoms with Gasteiger partial charge >= 0.3 is 4.87 Å². The number of thiazole rings is 1. The minimum atomic E-state index is -3.73. The molecule has 7 nitrogen and oxygen atoms in total. The molecular weight excluding hydrogens is 400 g/mol. The maximum absolute atomic E-state index is 12.7. The first-order chi connectivity index (χ1) is 13.3. The summed E-state index contributed by atoms with van der Waals surface area (Å²) in [5, 5.41) is 0. The van der Waals surface area contributed by atoms with Gasteiger partial charge in [0.2, 0.25) is 10.0 Å². The van der Waals surface area contributed by atoms with Crippen LogP contribution in [0.3, 0.4) is 0 Å². The average Bonchev–Trinajstić information content (AvgIpc) is 3.00. The van der Waals surface area contributed by atoms with Gasteiger partial charge in [-0.05, 0) is 56.3 Å². The van der Waals surface area contributed by atoms with Crippen molar-refractivity contribution in [1.82, 2.24) is 9.29 Å². The Hall–Kier alpha value is -2.36. The van der Waals surface area contributed by atoms with Gasteiger partial charge in [0.05, 0.1) is 28.3 Å². The number of sulfonamides is 1. The van der Waals surface area contributed by atoms with Gasteiger partial charge in [0.15, 0.2) is 0 Å². The summed E-state index contributed by atoms with van der Waals surface area (Å²) in [5.41, 5.74) is 0.743. The van der Waals surface area contributed by atoms with Gasteiger partial charge in [0.25, 0.3) is 0 Å². The monoisotopic (exact) mass is 422 g/mol. The number of ether oxygens (including phenoxy) is 2. The molecule has 1 atom stereocenters. The number of aromatic nitrogens is 1. The Morgan fingerprint density at radius 2 is 1.82 bits per heavy atom. The molecule has 0 fully saturated rings. The van der Waals surface area contributed by atoms with Crippen LogP contribution in [0.1, 0.15) is 13.8 Å². The van der Waals surface area contributed by atoms with Gasteiger partial charge in [-0.3, -0.25) is 9.36 Å². The molecule has 0 bridgehead atoms. The average molecular weight is 423 g/mol. The Kier molecular flexibility index (Phi) is 6.07. The standard InChI is InChI=1S/C19H22N2O5S2/c1-4-21-17-10-9-16(11-18(17)27-19(21)22)28(23,24)20-13(2)12-26-15-7-5-14(25-3)6-8-15/h5-11,13,20H,4,12H2,1-3H3. The molecule has 0 aliphatic rings. The fraction of sp³-hybridized carbons (Fsp3) is 0.316. The first kappa shape index (κ1) is 20.4. The minimum absolute atomic E-state index is 0.0960. The van der Waals surface area contributed by atoms with Crippen LogP contribution in [0.15, 0.2) is 52.2 Å². The molecule has 0 aliphatic carbocycles. The lowest BCUT2D eigenvalue weighted by Crippen LogP contribution is -2.36. The molecule has 9 heteroatoms. The van der Waals surface area contributed by atoms with E-state index in [1.54, 1.807) is 48.9 Å². The van der Waals surface area contributed by atoms with Gasteiger partial charge in [-0.25, -0.2) is 13.1 Å². The van der Waals surface area contributed by atoms with Crippen molar-refractivity contribution in [2.24, 2.45) is 0 Å². The lowest BCUT2D eigenvalue weighted by atomic mass is 10.3. The van der Waals surface area contributed by atoms with Gasteiger partial charge < -0.3 is 9.47 Å². The number of nitrogens with one attached hydrogen (secondary N) is 1. The molecule has 28 heavy (non-hydrogen) atoms. The second-order valence-electron chi connectivity index (χ2n) is 6.25. The third-order valence-corrected chi connectivity index (χ3v) is 6.71. The van der Waals surface area contributed by atoms with Crippen LogP contribution in [0.4, 0.5) is 0 Å². The van der Waals surface area contributed by atoms with Crippen molar-refractivity contribution in [3.63, 3.8) is 0 Å². The van der Waals surface area contributed by atoms with Crippen LogP contribution in [0, 0.1) is 0 Å². The van der Waals surface area contributed by atoms with E-state index in [4.69, 9.17) is 9.47 Å². The molecule has 3 aromatic rings. The SMILES string of the molecule is CCn1c(=O)sc2cc(S(=O)(=O)NC(C)COc3ccc(OC)cc3)ccc21. The van der Waals surface area contributed by atoms with E-state index in [1.807, 2.05) is 6.92 Å². The number of methoxy groups -OCH3 is 1. The predicted octanol–water partition coefficient (Wildman–Crippen LogP) is 2.84. The summed E-state index contributed by atoms with van der Waals surface area (Å²) in [4.78, 5) is 12.0. The fourth-order valence-electron chi connectivity index (χ4n) is 2.77. The van der Waals surface area contributed by atoms with Crippen molar-refractivity contribution in [2.75, 3.05) is 13.7 Å². The first-order valence-corrected chi connectivity index (χ1v) is 11.1. The third-order valence-electron chi connectivity index (χ3n) is 4.18. The van der Waals surface area contributed by atoms with Crippen LogP contribution >= 0.6 is 11.3 Å². The highest BCUT2D eigenvalue weighted by Crippen LogP contribution is 2.22. The molecule has 0 saturated heterocycles. The van der Waals surface area contributed by atoms with E-state index in [1.165, 1.54) is 12.1 Å². The van der Waals surface area contributed by atoms with Gasteiger partial charge in [0.1, 0.15) is 18.1 Å². The highest BCUT2D eigenvalue weighted by molar-refractivity contribution is 7.89. The summed E-state index contributed by atoms with van der Waals surface area (Å²) in [6.45, 7) is 4.33. The Morgan fingerprint density at radius 1 is 1.14 bits per heavy atom. The highest BCUT2D eigenvalue weighted by Gasteiger charge is 2.19. The predicted molar refractivity (Wildman–Crippen MR) is 110 cm³/mol. The zero-order valence-corrected chi connectivity index (χ0v) is 17.5. The van der Waals surface area contributed by atoms with Crippen molar-refractivity contribution >= 4 is 31.6 Å². The van der Waals surface area contributed by atoms with Crippen LogP contribution < -0.4 is 19.1 Å². The first-order valence-electron chi connectivity index (χ1n) is 8.76. The molecule has 1 aromatic heterocycles. The number of rotatable bonds is 8. The molecular formula is C19H22N2O5S2. The largest absolute Gasteiger partial charge is 0.497 e. The molecule has 3 rings (SSSR count). The van der Waals surface area contributed by atoms with E-state index >= 15 is 0 Å². The van der Waals surface area contributed by atoms with Crippen LogP contribution in [-0.2, 0) is 16.6 Å². The van der Waals surface area contributed by atoms with Gasteiger partial charge in [0, 0.05) is 6.54 Å². The molecule has 1 unspecified atom stereocenters. The third kappa shape index (κ3) is 4.37. The van der Waals surface area contributed by atoms with Gasteiger partial charge in [-0.1, -0.05) is 11.3 Å². The number of fused-ring (bicyclic) bond motifs is 1. The van der Waals surface area contributed by atoms with Crippen molar-refractivity contribution in [3.8, 4) is 11.5 Å². The number of hydrogen-bond acceptors (Lipinski definition) is 6. The summed E-state index contributed by atoms with van der Waals surface area (Å²) in [5.74, 6) is 1.34. The Morgan fingerprint density at radius 3 is 2.46 bits per heavy atom. The number of hydrogen-bond donors (Lipinski definition) is 1. The van der Waals surface area contributed by atoms with Crippen LogP contribution in [0.5, 0.6) is 11.5 Å². The van der Waals surface area contributed by atoms with Crippen molar-refractivity contribution in [2.45, 2.75) is 31.3 Å². The van der Waals surface area contributed by atoms with E-state index in [2.05, 4.69) is 4.72 Å². The highest BCUT2D eigenvalue weighted by atomic mass is 32.2. The summed E-state index contributed by atoms with van der Waals surface area (Å²) >= 11 is 1.04. The van der Waals surface area contributed by atoms with Gasteiger partial charge in [-0.2, -0.15) is 0 Å². The van der Waals surface area contributed by atoms with E-state index in [-0.39, 0.29) is 16.4 Å². The zero-order chi connectivity index (χ0) is 20.3. The Bertz CT molecular complexity index is 1120. The maximum atomic E-state index is 12.7. The number of nitrogens with zero attached hydrogens (tertiary/aromatic N) is 1. The molecule has 1 heterocycles. The molecule has 1 N–H and O–H groups in total. The molecule has 0 spiro atoms. The van der Waals surface area contributed by atoms with Crippen molar-refractivity contribution in [3.05, 3.63) is 52.1 Å². The van der Waals surface area contributed by atoms with Gasteiger partial charge in [-0.15, -0.1) is 0 Å². The van der Waals surface area contributed by atoms with Crippen molar-refractivity contribution < 1.29 is 17.9 Å². The normalized spacial score (nSPS) is 12.8. The fourth-order valence-corrected chi connectivity index (χ4v) is 5.10. The molecule has 0 aliphatic heterocycles. The quantitative estimate of drug-likeness (QED) is 0.603. The van der Waals surface area contributed by atoms with E-state index in [9.17, 15) is 13.2 Å². The zero-order valence-electron chi connectivity index (χ0n) is 15.8. The minimum Gasteiger partial charge on any atom is -0.497 e. The molecule has 0 amide bonds. The molecule has 2 aromatic carbocycles. The summed E-state index contributed by atoms with van der Waals surface area (Å²) in [6, 6.07) is 11.3. The second-order valence-corrected chi connectivity index (χ2v) is 8.96. The topological polar surface area (TPSA) is 86.6 Å². The Balaban J connectivity index is 1.69. The summed E-state index contributed by atoms with van der Waals surface area (Å²) < 4.78 is 41.0. The summed E-state index contributed by atoms with van der Waals surface area (Å²) in [7, 11) is -2.15. The molecule has 150 valence electrons. The molecule has 0 saturated carbocycles. The maximum Gasteiger partial charge on any atom is 0.308 e. The number of aryl methyl sites for hydroxylation is 1. The van der Waals surface area contributed by atoms with Crippen LogP contribution in [0.2, 0.25) is 0 Å². The lowest BCUT2D eigenvalue weighted by Gasteiger charge is -2.15. The van der Waals surface area contributed by atoms with E-state index < -0.39 is 16.1 Å². The van der Waals surface area contributed by atoms with Crippen LogP contribution in [0.25, 0.3) is 10.2 Å². The smallest absolute Gasteiger partial charge is 0.308 e. The number of benzene rings is 2. The molecule has 0 radical (unpaired) electrons. The summed E-state index contributed by atoms with van der Waals surface area (Å²) in [6.07, 6.45) is 0. The van der Waals surface area contributed by atoms with E-state index in [0.717, 1.165) is 22.6 Å². The van der Waals surface area contributed by atoms with Crippen molar-refractivity contribution in [1.29, 1.82) is 0 Å². The Labute approximate surface area is 167 Å².